The minimum absolute atomic E-state index is 0.106. The zero-order valence-electron chi connectivity index (χ0n) is 19.7. The van der Waals surface area contributed by atoms with Crippen LogP contribution in [-0.4, -0.2) is 65.0 Å². The summed E-state index contributed by atoms with van der Waals surface area (Å²) < 4.78 is 0. The zero-order chi connectivity index (χ0) is 25.0. The summed E-state index contributed by atoms with van der Waals surface area (Å²) in [5.41, 5.74) is 6.38. The molecular weight excluding hydrogens is 444 g/mol. The van der Waals surface area contributed by atoms with Crippen molar-refractivity contribution in [2.24, 2.45) is 11.7 Å². The van der Waals surface area contributed by atoms with Crippen LogP contribution in [0.3, 0.4) is 0 Å². The fourth-order valence-corrected chi connectivity index (χ4v) is 3.58. The maximum Gasteiger partial charge on any atom is 0.326 e. The summed E-state index contributed by atoms with van der Waals surface area (Å²) in [4.78, 5) is 49.7. The highest BCUT2D eigenvalue weighted by atomic mass is 32.2. The van der Waals surface area contributed by atoms with Gasteiger partial charge in [-0.05, 0) is 43.3 Å². The van der Waals surface area contributed by atoms with Gasteiger partial charge in [0.05, 0.1) is 6.04 Å². The Balaban J connectivity index is 2.95. The second-order valence-corrected chi connectivity index (χ2v) is 9.40. The average Bonchev–Trinajstić information content (AvgIpc) is 2.75. The molecule has 33 heavy (non-hydrogen) atoms. The predicted molar refractivity (Wildman–Crippen MR) is 130 cm³/mol. The number of nitrogens with two attached hydrogens (primary N) is 1. The van der Waals surface area contributed by atoms with Crippen LogP contribution in [0.4, 0.5) is 0 Å². The number of carboxylic acid groups (broad SMARTS) is 1. The number of carbonyl (C=O) groups excluding carboxylic acids is 3. The number of benzene rings is 1. The number of amides is 3. The number of nitrogens with one attached hydrogen (secondary N) is 3. The number of rotatable bonds is 14. The van der Waals surface area contributed by atoms with Crippen LogP contribution in [0.25, 0.3) is 0 Å². The first kappa shape index (κ1) is 28.4. The molecule has 0 bridgehead atoms. The van der Waals surface area contributed by atoms with E-state index in [1.54, 1.807) is 24.3 Å². The minimum atomic E-state index is -1.16. The lowest BCUT2D eigenvalue weighted by molar-refractivity contribution is -0.142. The SMILES string of the molecule is CSCCC(NC(=O)C(CC(C)C)NC(=O)C(C)N)C(=O)NC(Cc1ccccc1)C(=O)O. The van der Waals surface area contributed by atoms with Crippen LogP contribution >= 0.6 is 11.8 Å². The maximum absolute atomic E-state index is 13.0. The van der Waals surface area contributed by atoms with Gasteiger partial charge in [-0.3, -0.25) is 14.4 Å². The van der Waals surface area contributed by atoms with Gasteiger partial charge in [-0.25, -0.2) is 4.79 Å². The normalized spacial score (nSPS) is 14.6. The average molecular weight is 481 g/mol. The Morgan fingerprint density at radius 1 is 0.909 bits per heavy atom. The number of hydrogen-bond donors (Lipinski definition) is 5. The van der Waals surface area contributed by atoms with Crippen LogP contribution in [0.5, 0.6) is 0 Å². The molecule has 10 heteroatoms. The fraction of sp³-hybridized carbons (Fsp3) is 0.565. The van der Waals surface area contributed by atoms with Gasteiger partial charge >= 0.3 is 5.97 Å². The molecule has 0 saturated carbocycles. The van der Waals surface area contributed by atoms with E-state index >= 15 is 0 Å². The third kappa shape index (κ3) is 10.7. The van der Waals surface area contributed by atoms with Crippen LogP contribution in [0.15, 0.2) is 30.3 Å². The smallest absolute Gasteiger partial charge is 0.326 e. The van der Waals surface area contributed by atoms with E-state index in [4.69, 9.17) is 5.73 Å². The number of aliphatic carboxylic acids is 1. The van der Waals surface area contributed by atoms with E-state index in [2.05, 4.69) is 16.0 Å². The molecule has 9 nitrogen and oxygen atoms in total. The van der Waals surface area contributed by atoms with Crippen LogP contribution in [0.1, 0.15) is 39.2 Å². The number of carbonyl (C=O) groups is 4. The van der Waals surface area contributed by atoms with Crippen LogP contribution in [0, 0.1) is 5.92 Å². The highest BCUT2D eigenvalue weighted by Crippen LogP contribution is 2.09. The Morgan fingerprint density at radius 3 is 1.97 bits per heavy atom. The summed E-state index contributed by atoms with van der Waals surface area (Å²) in [6.45, 7) is 5.35. The van der Waals surface area contributed by atoms with E-state index in [9.17, 15) is 24.3 Å². The summed E-state index contributed by atoms with van der Waals surface area (Å²) in [7, 11) is 0. The topological polar surface area (TPSA) is 151 Å². The first-order valence-electron chi connectivity index (χ1n) is 11.0. The van der Waals surface area contributed by atoms with Gasteiger partial charge in [0, 0.05) is 6.42 Å². The molecule has 1 aromatic carbocycles. The Kier molecular flexibility index (Phi) is 12.5. The van der Waals surface area contributed by atoms with Gasteiger partial charge in [-0.15, -0.1) is 0 Å². The first-order chi connectivity index (χ1) is 15.5. The van der Waals surface area contributed by atoms with Crippen LogP contribution in [-0.2, 0) is 25.6 Å². The summed E-state index contributed by atoms with van der Waals surface area (Å²) in [6.07, 6.45) is 2.67. The quantitative estimate of drug-likeness (QED) is 0.266. The second kappa shape index (κ2) is 14.5. The van der Waals surface area contributed by atoms with Gasteiger partial charge in [-0.1, -0.05) is 44.2 Å². The molecule has 0 fully saturated rings. The molecule has 1 rings (SSSR count). The van der Waals surface area contributed by atoms with Crippen LogP contribution < -0.4 is 21.7 Å². The molecule has 4 unspecified atom stereocenters. The molecule has 0 aliphatic rings. The van der Waals surface area contributed by atoms with Crippen molar-refractivity contribution in [2.75, 3.05) is 12.0 Å². The molecule has 6 N–H and O–H groups in total. The minimum Gasteiger partial charge on any atom is -0.480 e. The lowest BCUT2D eigenvalue weighted by atomic mass is 10.0. The molecule has 4 atom stereocenters. The zero-order valence-corrected chi connectivity index (χ0v) is 20.5. The molecule has 0 aliphatic heterocycles. The van der Waals surface area contributed by atoms with Crippen molar-refractivity contribution in [2.45, 2.75) is 64.2 Å². The Morgan fingerprint density at radius 2 is 1.45 bits per heavy atom. The van der Waals surface area contributed by atoms with E-state index in [0.29, 0.717) is 18.6 Å². The Bertz CT molecular complexity index is 788. The lowest BCUT2D eigenvalue weighted by Gasteiger charge is -2.25. The number of thioether (sulfide) groups is 1. The third-order valence-electron chi connectivity index (χ3n) is 4.89. The van der Waals surface area contributed by atoms with E-state index in [1.807, 2.05) is 26.2 Å². The molecule has 0 radical (unpaired) electrons. The van der Waals surface area contributed by atoms with Gasteiger partial charge in [0.25, 0.3) is 0 Å². The van der Waals surface area contributed by atoms with Gasteiger partial charge in [0.15, 0.2) is 0 Å². The second-order valence-electron chi connectivity index (χ2n) is 8.41. The number of carboxylic acids is 1. The van der Waals surface area contributed by atoms with Crippen molar-refractivity contribution in [3.63, 3.8) is 0 Å². The molecule has 1 aromatic rings. The molecule has 0 saturated heterocycles. The predicted octanol–water partition coefficient (Wildman–Crippen LogP) is 0.915. The molecule has 0 spiro atoms. The highest BCUT2D eigenvalue weighted by molar-refractivity contribution is 7.98. The van der Waals surface area contributed by atoms with Gasteiger partial charge in [0.1, 0.15) is 18.1 Å². The molecule has 0 aliphatic carbocycles. The van der Waals surface area contributed by atoms with E-state index in [1.165, 1.54) is 18.7 Å². The van der Waals surface area contributed by atoms with Crippen molar-refractivity contribution in [1.82, 2.24) is 16.0 Å². The van der Waals surface area contributed by atoms with E-state index in [0.717, 1.165) is 5.56 Å². The van der Waals surface area contributed by atoms with Gasteiger partial charge < -0.3 is 26.8 Å². The molecule has 184 valence electrons. The molecular formula is C23H36N4O5S. The maximum atomic E-state index is 13.0. The van der Waals surface area contributed by atoms with Gasteiger partial charge in [0.2, 0.25) is 17.7 Å². The first-order valence-corrected chi connectivity index (χ1v) is 12.4. The van der Waals surface area contributed by atoms with Crippen molar-refractivity contribution >= 4 is 35.5 Å². The van der Waals surface area contributed by atoms with Crippen LogP contribution in [0.2, 0.25) is 0 Å². The largest absolute Gasteiger partial charge is 0.480 e. The summed E-state index contributed by atoms with van der Waals surface area (Å²) in [5, 5.41) is 17.5. The van der Waals surface area contributed by atoms with Crippen molar-refractivity contribution in [3.8, 4) is 0 Å². The van der Waals surface area contributed by atoms with Crippen molar-refractivity contribution in [3.05, 3.63) is 35.9 Å². The van der Waals surface area contributed by atoms with Crippen molar-refractivity contribution in [1.29, 1.82) is 0 Å². The fourth-order valence-electron chi connectivity index (χ4n) is 3.11. The Hall–Kier alpha value is -2.59. The summed E-state index contributed by atoms with van der Waals surface area (Å²) in [5.74, 6) is -2.03. The molecule has 0 heterocycles. The lowest BCUT2D eigenvalue weighted by Crippen LogP contribution is -2.57. The highest BCUT2D eigenvalue weighted by Gasteiger charge is 2.30. The van der Waals surface area contributed by atoms with Gasteiger partial charge in [-0.2, -0.15) is 11.8 Å². The summed E-state index contributed by atoms with van der Waals surface area (Å²) in [6, 6.07) is 5.27. The number of hydrogen-bond acceptors (Lipinski definition) is 6. The monoisotopic (exact) mass is 480 g/mol. The summed E-state index contributed by atoms with van der Waals surface area (Å²) >= 11 is 1.50. The third-order valence-corrected chi connectivity index (χ3v) is 5.54. The molecule has 0 aromatic heterocycles. The standard InChI is InChI=1S/C23H36N4O5S/c1-14(2)12-18(26-20(28)15(3)24)22(30)25-17(10-11-33-4)21(29)27-19(23(31)32)13-16-8-6-5-7-9-16/h5-9,14-15,17-19H,10-13,24H2,1-4H3,(H,25,30)(H,26,28)(H,27,29)(H,31,32). The van der Waals surface area contributed by atoms with E-state index in [-0.39, 0.29) is 12.3 Å². The van der Waals surface area contributed by atoms with Crippen molar-refractivity contribution < 1.29 is 24.3 Å². The Labute approximate surface area is 199 Å². The molecule has 3 amide bonds. The van der Waals surface area contributed by atoms with E-state index < -0.39 is 47.9 Å².